The van der Waals surface area contributed by atoms with E-state index >= 15 is 0 Å². The molecule has 0 atom stereocenters. The Hall–Kier alpha value is -8.61. The number of hydrogen-bond donors (Lipinski definition) is 0. The van der Waals surface area contributed by atoms with Crippen molar-refractivity contribution in [1.29, 1.82) is 0 Å². The van der Waals surface area contributed by atoms with Gasteiger partial charge in [0.1, 0.15) is 16.7 Å². The van der Waals surface area contributed by atoms with Gasteiger partial charge in [0.2, 0.25) is 5.78 Å². The summed E-state index contributed by atoms with van der Waals surface area (Å²) in [6.07, 6.45) is 0. The molecule has 63 heavy (non-hydrogen) atoms. The van der Waals surface area contributed by atoms with Crippen LogP contribution in [0.1, 0.15) is 0 Å². The van der Waals surface area contributed by atoms with Gasteiger partial charge in [-0.2, -0.15) is 0 Å². The fraction of sp³-hybridized carbons (Fsp3) is 0. The Bertz CT molecular complexity index is 3820. The van der Waals surface area contributed by atoms with Crippen LogP contribution in [0.15, 0.2) is 229 Å². The van der Waals surface area contributed by atoms with Crippen molar-refractivity contribution in [1.82, 2.24) is 18.5 Å². The predicted octanol–water partition coefficient (Wildman–Crippen LogP) is 15.1. The highest BCUT2D eigenvalue weighted by molar-refractivity contribution is 6.10. The van der Waals surface area contributed by atoms with E-state index in [1.165, 1.54) is 11.1 Å². The van der Waals surface area contributed by atoms with Crippen molar-refractivity contribution in [2.24, 2.45) is 0 Å². The van der Waals surface area contributed by atoms with Gasteiger partial charge in [0.05, 0.1) is 16.6 Å². The van der Waals surface area contributed by atoms with E-state index in [4.69, 9.17) is 9.40 Å². The molecule has 4 aromatic heterocycles. The maximum absolute atomic E-state index is 6.46. The zero-order valence-electron chi connectivity index (χ0n) is 34.0. The molecular formula is C57H37N5O. The molecule has 296 valence electrons. The number of anilines is 3. The number of para-hydroxylation sites is 5. The monoisotopic (exact) mass is 807 g/mol. The number of fused-ring (bicyclic) bond motifs is 10. The van der Waals surface area contributed by atoms with E-state index < -0.39 is 0 Å². The quantitative estimate of drug-likeness (QED) is 0.161. The van der Waals surface area contributed by atoms with E-state index in [0.29, 0.717) is 0 Å². The van der Waals surface area contributed by atoms with Gasteiger partial charge in [0.15, 0.2) is 5.65 Å². The summed E-state index contributed by atoms with van der Waals surface area (Å²) < 4.78 is 13.4. The molecule has 6 heteroatoms. The number of benzene rings is 9. The van der Waals surface area contributed by atoms with Crippen LogP contribution in [0, 0.1) is 0 Å². The summed E-state index contributed by atoms with van der Waals surface area (Å²) in [5.74, 6) is 0.858. The van der Waals surface area contributed by atoms with Gasteiger partial charge in [-0.1, -0.05) is 146 Å². The first-order valence-corrected chi connectivity index (χ1v) is 21.3. The minimum atomic E-state index is 0.858. The average Bonchev–Trinajstić information content (AvgIpc) is 4.09. The van der Waals surface area contributed by atoms with Gasteiger partial charge in [-0.05, 0) is 95.6 Å². The maximum atomic E-state index is 6.46. The van der Waals surface area contributed by atoms with Gasteiger partial charge in [0.25, 0.3) is 0 Å². The summed E-state index contributed by atoms with van der Waals surface area (Å²) in [6, 6.07) is 79.5. The molecule has 4 heterocycles. The molecule has 0 aliphatic carbocycles. The first-order chi connectivity index (χ1) is 31.3. The summed E-state index contributed by atoms with van der Waals surface area (Å²) in [6.45, 7) is 0. The third-order valence-electron chi connectivity index (χ3n) is 12.4. The number of furan rings is 1. The second-order valence-electron chi connectivity index (χ2n) is 16.0. The molecule has 0 N–H and O–H groups in total. The second kappa shape index (κ2) is 14.0. The third-order valence-corrected chi connectivity index (χ3v) is 12.4. The summed E-state index contributed by atoms with van der Waals surface area (Å²) in [5, 5.41) is 3.37. The van der Waals surface area contributed by atoms with Gasteiger partial charge in [0, 0.05) is 50.2 Å². The van der Waals surface area contributed by atoms with E-state index in [1.807, 2.05) is 12.1 Å². The fourth-order valence-electron chi connectivity index (χ4n) is 9.58. The van der Waals surface area contributed by atoms with Gasteiger partial charge < -0.3 is 9.32 Å². The molecular weight excluding hydrogens is 771 g/mol. The van der Waals surface area contributed by atoms with Gasteiger partial charge >= 0.3 is 0 Å². The molecule has 0 saturated heterocycles. The minimum Gasteiger partial charge on any atom is -0.455 e. The highest BCUT2D eigenvalue weighted by Crippen LogP contribution is 2.42. The smallest absolute Gasteiger partial charge is 0.221 e. The van der Waals surface area contributed by atoms with Crippen molar-refractivity contribution in [3.63, 3.8) is 0 Å². The fourth-order valence-corrected chi connectivity index (χ4v) is 9.58. The SMILES string of the molecule is c1ccc(-c2ccc(N(c3ccc(-c4cccc5c4oc4ccccc45)cc3)c3ccc4c(c3)n(-c3ccccc3)c3nc5c6ccccc6n(-c6ccccc6)c5n43)cc2)cc1. The van der Waals surface area contributed by atoms with Crippen molar-refractivity contribution in [2.75, 3.05) is 4.90 Å². The van der Waals surface area contributed by atoms with Gasteiger partial charge in [-0.25, -0.2) is 4.98 Å². The normalized spacial score (nSPS) is 11.8. The highest BCUT2D eigenvalue weighted by atomic mass is 16.3. The number of hydrogen-bond acceptors (Lipinski definition) is 3. The van der Waals surface area contributed by atoms with E-state index in [0.717, 1.165) is 100 Å². The van der Waals surface area contributed by atoms with Crippen molar-refractivity contribution in [3.8, 4) is 33.6 Å². The van der Waals surface area contributed by atoms with Crippen LogP contribution in [0.4, 0.5) is 17.1 Å². The predicted molar refractivity (Wildman–Crippen MR) is 259 cm³/mol. The minimum absolute atomic E-state index is 0.858. The van der Waals surface area contributed by atoms with E-state index in [2.05, 4.69) is 231 Å². The Kier molecular flexibility index (Phi) is 7.80. The number of imidazole rings is 2. The van der Waals surface area contributed by atoms with Crippen LogP contribution in [0.5, 0.6) is 0 Å². The molecule has 9 aromatic carbocycles. The second-order valence-corrected chi connectivity index (χ2v) is 16.0. The standard InChI is InChI=1S/C57H37N5O/c1-4-15-38(16-5-1)39-27-31-43(32-28-39)59(44-33-29-40(30-34-44)46-23-14-24-48-47-21-11-13-26-53(47)63-55(46)48)45-35-36-51-52(37-45)61(42-19-8-3-9-20-42)57-58-54-49-22-10-12-25-50(49)60(56(54)62(51)57)41-17-6-2-7-18-41/h1-37H. The molecule has 0 spiro atoms. The van der Waals surface area contributed by atoms with Crippen LogP contribution < -0.4 is 4.90 Å². The van der Waals surface area contributed by atoms with Gasteiger partial charge in [-0.3, -0.25) is 13.5 Å². The van der Waals surface area contributed by atoms with Crippen LogP contribution in [0.25, 0.3) is 94.4 Å². The van der Waals surface area contributed by atoms with Gasteiger partial charge in [-0.15, -0.1) is 0 Å². The Balaban J connectivity index is 1.03. The van der Waals surface area contributed by atoms with E-state index in [1.54, 1.807) is 0 Å². The molecule has 0 fully saturated rings. The van der Waals surface area contributed by atoms with Crippen LogP contribution in [-0.4, -0.2) is 18.5 Å². The van der Waals surface area contributed by atoms with Crippen LogP contribution in [-0.2, 0) is 0 Å². The Morgan fingerprint density at radius 3 is 1.70 bits per heavy atom. The Morgan fingerprint density at radius 2 is 0.968 bits per heavy atom. The largest absolute Gasteiger partial charge is 0.455 e. The summed E-state index contributed by atoms with van der Waals surface area (Å²) >= 11 is 0. The van der Waals surface area contributed by atoms with E-state index in [-0.39, 0.29) is 0 Å². The lowest BCUT2D eigenvalue weighted by atomic mass is 10.0. The molecule has 0 bridgehead atoms. The molecule has 6 nitrogen and oxygen atoms in total. The first-order valence-electron chi connectivity index (χ1n) is 21.3. The lowest BCUT2D eigenvalue weighted by Gasteiger charge is -2.26. The van der Waals surface area contributed by atoms with E-state index in [9.17, 15) is 0 Å². The lowest BCUT2D eigenvalue weighted by molar-refractivity contribution is 0.670. The third kappa shape index (κ3) is 5.48. The maximum Gasteiger partial charge on any atom is 0.221 e. The zero-order chi connectivity index (χ0) is 41.4. The highest BCUT2D eigenvalue weighted by Gasteiger charge is 2.25. The van der Waals surface area contributed by atoms with Crippen molar-refractivity contribution < 1.29 is 4.42 Å². The Morgan fingerprint density at radius 1 is 0.397 bits per heavy atom. The molecule has 0 aliphatic rings. The molecule has 0 amide bonds. The summed E-state index contributed by atoms with van der Waals surface area (Å²) in [4.78, 5) is 7.84. The Labute approximate surface area is 362 Å². The van der Waals surface area contributed by atoms with Crippen LogP contribution in [0.2, 0.25) is 0 Å². The zero-order valence-corrected chi connectivity index (χ0v) is 34.0. The molecule has 0 unspecified atom stereocenters. The van der Waals surface area contributed by atoms with Crippen molar-refractivity contribution in [3.05, 3.63) is 224 Å². The lowest BCUT2D eigenvalue weighted by Crippen LogP contribution is -2.10. The van der Waals surface area contributed by atoms with Crippen molar-refractivity contribution >= 4 is 77.9 Å². The summed E-state index contributed by atoms with van der Waals surface area (Å²) in [5.41, 5.74) is 16.8. The molecule has 13 aromatic rings. The number of rotatable bonds is 7. The first kappa shape index (κ1) is 35.2. The summed E-state index contributed by atoms with van der Waals surface area (Å²) in [7, 11) is 0. The van der Waals surface area contributed by atoms with Crippen LogP contribution in [0.3, 0.4) is 0 Å². The molecule has 0 aliphatic heterocycles. The molecule has 13 rings (SSSR count). The van der Waals surface area contributed by atoms with Crippen LogP contribution >= 0.6 is 0 Å². The molecule has 0 radical (unpaired) electrons. The molecule has 0 saturated carbocycles. The number of nitrogens with zero attached hydrogens (tertiary/aromatic N) is 5. The average molecular weight is 808 g/mol. The van der Waals surface area contributed by atoms with Crippen molar-refractivity contribution in [2.45, 2.75) is 0 Å². The number of aromatic nitrogens is 4. The topological polar surface area (TPSA) is 43.5 Å².